The van der Waals surface area contributed by atoms with Gasteiger partial charge in [0.2, 0.25) is 0 Å². The third-order valence-electron chi connectivity index (χ3n) is 1.98. The van der Waals surface area contributed by atoms with E-state index in [4.69, 9.17) is 14.6 Å². The number of aliphatic hydroxyl groups is 2. The number of hydrogen-bond donors (Lipinski definition) is 2. The van der Waals surface area contributed by atoms with Crippen LogP contribution >= 0.6 is 0 Å². The first-order valence-corrected chi connectivity index (χ1v) is 4.16. The molecule has 0 aliphatic carbocycles. The molecular weight excluding hydrogens is 172 g/mol. The van der Waals surface area contributed by atoms with E-state index in [1.807, 2.05) is 0 Å². The van der Waals surface area contributed by atoms with Crippen LogP contribution in [0, 0.1) is 5.92 Å². The molecule has 0 aromatic carbocycles. The van der Waals surface area contributed by atoms with Crippen LogP contribution in [0.1, 0.15) is 6.42 Å². The van der Waals surface area contributed by atoms with E-state index in [9.17, 15) is 5.11 Å². The van der Waals surface area contributed by atoms with E-state index in [0.29, 0.717) is 6.42 Å². The van der Waals surface area contributed by atoms with Crippen molar-refractivity contribution in [1.29, 1.82) is 0 Å². The van der Waals surface area contributed by atoms with Gasteiger partial charge >= 0.3 is 0 Å². The van der Waals surface area contributed by atoms with Crippen LogP contribution in [0.5, 0.6) is 0 Å². The molecule has 0 aliphatic heterocycles. The Morgan fingerprint density at radius 1 is 1.38 bits per heavy atom. The first-order valence-electron chi connectivity index (χ1n) is 4.16. The molecule has 2 N–H and O–H groups in total. The standard InChI is InChI=1S/C9H18O4/c1-4-8(11)7(6-10)5-9(12-2)13-3/h4,7-11H,1,5-6H2,2-3H3. The van der Waals surface area contributed by atoms with Crippen LogP contribution in [0.15, 0.2) is 12.7 Å². The largest absolute Gasteiger partial charge is 0.396 e. The summed E-state index contributed by atoms with van der Waals surface area (Å²) in [6.45, 7) is 3.33. The van der Waals surface area contributed by atoms with Crippen molar-refractivity contribution in [2.45, 2.75) is 18.8 Å². The van der Waals surface area contributed by atoms with Crippen LogP contribution in [-0.4, -0.2) is 43.4 Å². The Labute approximate surface area is 78.8 Å². The number of ether oxygens (including phenoxy) is 2. The molecule has 0 spiro atoms. The maximum absolute atomic E-state index is 9.37. The maximum Gasteiger partial charge on any atom is 0.157 e. The zero-order valence-electron chi connectivity index (χ0n) is 8.14. The average molecular weight is 190 g/mol. The fourth-order valence-electron chi connectivity index (χ4n) is 1.05. The van der Waals surface area contributed by atoms with E-state index in [1.54, 1.807) is 0 Å². The molecule has 2 atom stereocenters. The van der Waals surface area contributed by atoms with Crippen molar-refractivity contribution in [2.24, 2.45) is 5.92 Å². The van der Waals surface area contributed by atoms with Crippen molar-refractivity contribution in [3.8, 4) is 0 Å². The Bertz CT molecular complexity index is 134. The van der Waals surface area contributed by atoms with Crippen LogP contribution in [0.4, 0.5) is 0 Å². The van der Waals surface area contributed by atoms with Gasteiger partial charge in [-0.25, -0.2) is 0 Å². The molecule has 0 heterocycles. The van der Waals surface area contributed by atoms with Gasteiger partial charge in [0.05, 0.1) is 6.10 Å². The Morgan fingerprint density at radius 2 is 1.92 bits per heavy atom. The van der Waals surface area contributed by atoms with E-state index in [2.05, 4.69) is 6.58 Å². The summed E-state index contributed by atoms with van der Waals surface area (Å²) in [6.07, 6.45) is 0.712. The first kappa shape index (κ1) is 12.6. The monoisotopic (exact) mass is 190 g/mol. The highest BCUT2D eigenvalue weighted by Gasteiger charge is 2.20. The lowest BCUT2D eigenvalue weighted by Crippen LogP contribution is -2.28. The summed E-state index contributed by atoms with van der Waals surface area (Å²) in [4.78, 5) is 0. The molecule has 2 unspecified atom stereocenters. The highest BCUT2D eigenvalue weighted by Crippen LogP contribution is 2.14. The second-order valence-corrected chi connectivity index (χ2v) is 2.81. The zero-order valence-corrected chi connectivity index (χ0v) is 8.14. The summed E-state index contributed by atoms with van der Waals surface area (Å²) in [7, 11) is 3.03. The minimum Gasteiger partial charge on any atom is -0.396 e. The normalized spacial score (nSPS) is 15.8. The number of rotatable bonds is 7. The minimum atomic E-state index is -0.724. The lowest BCUT2D eigenvalue weighted by atomic mass is 9.99. The fourth-order valence-corrected chi connectivity index (χ4v) is 1.05. The summed E-state index contributed by atoms with van der Waals surface area (Å²) in [5.41, 5.74) is 0. The van der Waals surface area contributed by atoms with E-state index >= 15 is 0 Å². The van der Waals surface area contributed by atoms with Crippen LogP contribution < -0.4 is 0 Å². The third kappa shape index (κ3) is 4.38. The van der Waals surface area contributed by atoms with Crippen LogP contribution in [0.2, 0.25) is 0 Å². The van der Waals surface area contributed by atoms with E-state index in [1.165, 1.54) is 20.3 Å². The summed E-state index contributed by atoms with van der Waals surface area (Å²) >= 11 is 0. The van der Waals surface area contributed by atoms with Gasteiger partial charge in [0.25, 0.3) is 0 Å². The topological polar surface area (TPSA) is 58.9 Å². The smallest absolute Gasteiger partial charge is 0.157 e. The predicted octanol–water partition coefficient (Wildman–Crippen LogP) is 0.151. The maximum atomic E-state index is 9.37. The third-order valence-corrected chi connectivity index (χ3v) is 1.98. The van der Waals surface area contributed by atoms with Gasteiger partial charge in [0.1, 0.15) is 0 Å². The fraction of sp³-hybridized carbons (Fsp3) is 0.778. The average Bonchev–Trinajstić information content (AvgIpc) is 2.19. The lowest BCUT2D eigenvalue weighted by molar-refractivity contribution is -0.123. The second kappa shape index (κ2) is 7.03. The number of hydrogen-bond acceptors (Lipinski definition) is 4. The molecule has 78 valence electrons. The van der Waals surface area contributed by atoms with Gasteiger partial charge in [-0.15, -0.1) is 6.58 Å². The zero-order chi connectivity index (χ0) is 10.3. The molecule has 0 amide bonds. The molecule has 0 saturated heterocycles. The number of aliphatic hydroxyl groups excluding tert-OH is 2. The van der Waals surface area contributed by atoms with Crippen molar-refractivity contribution >= 4 is 0 Å². The van der Waals surface area contributed by atoms with Crippen molar-refractivity contribution < 1.29 is 19.7 Å². The Balaban J connectivity index is 4.01. The van der Waals surface area contributed by atoms with Gasteiger partial charge in [-0.2, -0.15) is 0 Å². The lowest BCUT2D eigenvalue weighted by Gasteiger charge is -2.22. The van der Waals surface area contributed by atoms with E-state index in [-0.39, 0.29) is 12.5 Å². The molecule has 0 rings (SSSR count). The van der Waals surface area contributed by atoms with Crippen molar-refractivity contribution in [2.75, 3.05) is 20.8 Å². The van der Waals surface area contributed by atoms with Crippen LogP contribution in [0.25, 0.3) is 0 Å². The Kier molecular flexibility index (Phi) is 6.80. The van der Waals surface area contributed by atoms with Crippen molar-refractivity contribution in [3.63, 3.8) is 0 Å². The van der Waals surface area contributed by atoms with Gasteiger partial charge in [0.15, 0.2) is 6.29 Å². The molecule has 0 aromatic rings. The molecule has 13 heavy (non-hydrogen) atoms. The SMILES string of the molecule is C=CC(O)C(CO)CC(OC)OC. The van der Waals surface area contributed by atoms with Gasteiger partial charge in [-0.1, -0.05) is 6.08 Å². The minimum absolute atomic E-state index is 0.115. The first-order chi connectivity index (χ1) is 6.19. The molecular formula is C9H18O4. The Morgan fingerprint density at radius 3 is 2.23 bits per heavy atom. The summed E-state index contributed by atoms with van der Waals surface area (Å²) in [5.74, 6) is -0.289. The van der Waals surface area contributed by atoms with Gasteiger partial charge in [-0.05, 0) is 0 Å². The van der Waals surface area contributed by atoms with E-state index in [0.717, 1.165) is 0 Å². The highest BCUT2D eigenvalue weighted by molar-refractivity contribution is 4.84. The van der Waals surface area contributed by atoms with Crippen molar-refractivity contribution in [3.05, 3.63) is 12.7 Å². The molecule has 0 radical (unpaired) electrons. The summed E-state index contributed by atoms with van der Waals surface area (Å²) in [6, 6.07) is 0. The van der Waals surface area contributed by atoms with Crippen molar-refractivity contribution in [1.82, 2.24) is 0 Å². The number of methoxy groups -OCH3 is 2. The van der Waals surface area contributed by atoms with Gasteiger partial charge in [0, 0.05) is 33.2 Å². The van der Waals surface area contributed by atoms with Gasteiger partial charge in [-0.3, -0.25) is 0 Å². The summed E-state index contributed by atoms with van der Waals surface area (Å²) in [5, 5.41) is 18.3. The molecule has 4 heteroatoms. The highest BCUT2D eigenvalue weighted by atomic mass is 16.7. The van der Waals surface area contributed by atoms with Crippen LogP contribution in [0.3, 0.4) is 0 Å². The van der Waals surface area contributed by atoms with Gasteiger partial charge < -0.3 is 19.7 Å². The second-order valence-electron chi connectivity index (χ2n) is 2.81. The van der Waals surface area contributed by atoms with E-state index < -0.39 is 12.4 Å². The molecule has 0 aliphatic rings. The summed E-state index contributed by atoms with van der Waals surface area (Å²) < 4.78 is 9.90. The molecule has 0 fully saturated rings. The molecule has 0 aromatic heterocycles. The molecule has 4 nitrogen and oxygen atoms in total. The quantitative estimate of drug-likeness (QED) is 0.443. The predicted molar refractivity (Wildman–Crippen MR) is 49.2 cm³/mol. The Hall–Kier alpha value is -0.420. The molecule has 0 saturated carbocycles. The molecule has 0 bridgehead atoms. The van der Waals surface area contributed by atoms with Crippen LogP contribution in [-0.2, 0) is 9.47 Å².